The standard InChI is InChI=1S/C10H9BrN4O2S/c1-15-10(12-13-14-15)18-5-7-3-2-6(9(16)17)4-8(7)11/h2-4H,5H2,1H3,(H,16,17). The lowest BCUT2D eigenvalue weighted by Gasteiger charge is -2.04. The van der Waals surface area contributed by atoms with Gasteiger partial charge < -0.3 is 5.11 Å². The van der Waals surface area contributed by atoms with Gasteiger partial charge in [-0.1, -0.05) is 33.8 Å². The van der Waals surface area contributed by atoms with E-state index in [4.69, 9.17) is 5.11 Å². The van der Waals surface area contributed by atoms with Gasteiger partial charge in [-0.15, -0.1) is 5.10 Å². The summed E-state index contributed by atoms with van der Waals surface area (Å²) >= 11 is 4.85. The van der Waals surface area contributed by atoms with E-state index in [0.717, 1.165) is 10.0 Å². The summed E-state index contributed by atoms with van der Waals surface area (Å²) in [5.74, 6) is -0.276. The average Bonchev–Trinajstić information content (AvgIpc) is 2.73. The fraction of sp³-hybridized carbons (Fsp3) is 0.200. The molecule has 0 aliphatic carbocycles. The minimum absolute atomic E-state index is 0.260. The van der Waals surface area contributed by atoms with Crippen LogP contribution in [0.4, 0.5) is 0 Å². The normalized spacial score (nSPS) is 10.6. The first kappa shape index (κ1) is 13.0. The maximum absolute atomic E-state index is 10.8. The molecule has 0 aliphatic heterocycles. The van der Waals surface area contributed by atoms with Crippen LogP contribution in [0.3, 0.4) is 0 Å². The molecule has 0 fully saturated rings. The van der Waals surface area contributed by atoms with Crippen LogP contribution >= 0.6 is 27.7 Å². The molecule has 0 atom stereocenters. The number of carboxylic acid groups (broad SMARTS) is 1. The van der Waals surface area contributed by atoms with Crippen LogP contribution in [0.5, 0.6) is 0 Å². The Morgan fingerprint density at radius 1 is 1.56 bits per heavy atom. The monoisotopic (exact) mass is 328 g/mol. The zero-order valence-corrected chi connectivity index (χ0v) is 11.8. The maximum atomic E-state index is 10.8. The average molecular weight is 329 g/mol. The summed E-state index contributed by atoms with van der Waals surface area (Å²) in [7, 11) is 1.77. The van der Waals surface area contributed by atoms with Crippen molar-refractivity contribution in [1.29, 1.82) is 0 Å². The van der Waals surface area contributed by atoms with Gasteiger partial charge in [0, 0.05) is 17.3 Å². The molecular weight excluding hydrogens is 320 g/mol. The van der Waals surface area contributed by atoms with Crippen LogP contribution in [0.1, 0.15) is 15.9 Å². The zero-order chi connectivity index (χ0) is 13.1. The van der Waals surface area contributed by atoms with E-state index in [1.165, 1.54) is 11.8 Å². The SMILES string of the molecule is Cn1nnnc1SCc1ccc(C(=O)O)cc1Br. The Kier molecular flexibility index (Phi) is 3.97. The molecule has 0 unspecified atom stereocenters. The van der Waals surface area contributed by atoms with Crippen LogP contribution < -0.4 is 0 Å². The molecule has 2 aromatic rings. The lowest BCUT2D eigenvalue weighted by Crippen LogP contribution is -1.97. The number of thioether (sulfide) groups is 1. The second kappa shape index (κ2) is 5.49. The van der Waals surface area contributed by atoms with Gasteiger partial charge in [-0.25, -0.2) is 9.48 Å². The molecule has 0 saturated heterocycles. The number of aromatic nitrogens is 4. The first-order valence-electron chi connectivity index (χ1n) is 4.95. The maximum Gasteiger partial charge on any atom is 0.335 e. The van der Waals surface area contributed by atoms with Gasteiger partial charge in [-0.2, -0.15) is 0 Å². The zero-order valence-electron chi connectivity index (χ0n) is 9.37. The molecule has 1 N–H and O–H groups in total. The van der Waals surface area contributed by atoms with E-state index >= 15 is 0 Å². The number of rotatable bonds is 4. The lowest BCUT2D eigenvalue weighted by molar-refractivity contribution is 0.0697. The van der Waals surface area contributed by atoms with Gasteiger partial charge in [0.2, 0.25) is 5.16 Å². The minimum Gasteiger partial charge on any atom is -0.478 e. The molecule has 1 aromatic heterocycles. The molecule has 1 heterocycles. The minimum atomic E-state index is -0.938. The van der Waals surface area contributed by atoms with Crippen molar-refractivity contribution in [3.05, 3.63) is 33.8 Å². The van der Waals surface area contributed by atoms with Gasteiger partial charge in [0.25, 0.3) is 0 Å². The third-order valence-electron chi connectivity index (χ3n) is 2.24. The molecule has 0 spiro atoms. The van der Waals surface area contributed by atoms with Crippen molar-refractivity contribution in [1.82, 2.24) is 20.2 Å². The van der Waals surface area contributed by atoms with Crippen LogP contribution in [0.25, 0.3) is 0 Å². The Hall–Kier alpha value is -1.41. The fourth-order valence-electron chi connectivity index (χ4n) is 1.28. The van der Waals surface area contributed by atoms with Gasteiger partial charge >= 0.3 is 5.97 Å². The number of carbonyl (C=O) groups is 1. The third-order valence-corrected chi connectivity index (χ3v) is 4.04. The van der Waals surface area contributed by atoms with Crippen molar-refractivity contribution in [2.45, 2.75) is 10.9 Å². The van der Waals surface area contributed by atoms with E-state index in [-0.39, 0.29) is 5.56 Å². The topological polar surface area (TPSA) is 80.9 Å². The van der Waals surface area contributed by atoms with E-state index in [2.05, 4.69) is 31.5 Å². The van der Waals surface area contributed by atoms with Gasteiger partial charge in [0.05, 0.1) is 5.56 Å². The first-order valence-corrected chi connectivity index (χ1v) is 6.72. The predicted octanol–water partition coefficient (Wildman–Crippen LogP) is 1.96. The van der Waals surface area contributed by atoms with Crippen molar-refractivity contribution in [3.63, 3.8) is 0 Å². The second-order valence-corrected chi connectivity index (χ2v) is 5.28. The number of halogens is 1. The Morgan fingerprint density at radius 3 is 2.89 bits per heavy atom. The summed E-state index contributed by atoms with van der Waals surface area (Å²) in [6.45, 7) is 0. The van der Waals surface area contributed by atoms with E-state index in [1.807, 2.05) is 0 Å². The predicted molar refractivity (Wildman–Crippen MR) is 69.5 cm³/mol. The molecule has 0 aliphatic rings. The van der Waals surface area contributed by atoms with Crippen molar-refractivity contribution in [2.75, 3.05) is 0 Å². The number of aromatic carboxylic acids is 1. The number of hydrogen-bond acceptors (Lipinski definition) is 5. The second-order valence-electron chi connectivity index (χ2n) is 3.49. The van der Waals surface area contributed by atoms with E-state index in [9.17, 15) is 4.79 Å². The third kappa shape index (κ3) is 2.88. The van der Waals surface area contributed by atoms with Gasteiger partial charge in [-0.3, -0.25) is 0 Å². The molecule has 0 amide bonds. The molecule has 0 radical (unpaired) electrons. The smallest absolute Gasteiger partial charge is 0.335 e. The quantitative estimate of drug-likeness (QED) is 0.864. The van der Waals surface area contributed by atoms with Crippen LogP contribution in [-0.4, -0.2) is 31.3 Å². The molecule has 0 saturated carbocycles. The molecule has 1 aromatic carbocycles. The summed E-state index contributed by atoms with van der Waals surface area (Å²) in [6, 6.07) is 4.95. The number of aryl methyl sites for hydroxylation is 1. The summed E-state index contributed by atoms with van der Waals surface area (Å²) in [4.78, 5) is 10.8. The van der Waals surface area contributed by atoms with Crippen LogP contribution in [-0.2, 0) is 12.8 Å². The first-order chi connectivity index (χ1) is 8.58. The molecular formula is C10H9BrN4O2S. The summed E-state index contributed by atoms with van der Waals surface area (Å²) in [5.41, 5.74) is 1.25. The number of benzene rings is 1. The number of hydrogen-bond donors (Lipinski definition) is 1. The van der Waals surface area contributed by atoms with Crippen LogP contribution in [0.15, 0.2) is 27.8 Å². The Bertz CT molecular complexity index is 587. The lowest BCUT2D eigenvalue weighted by atomic mass is 10.1. The van der Waals surface area contributed by atoms with Gasteiger partial charge in [0.15, 0.2) is 0 Å². The highest BCUT2D eigenvalue weighted by Gasteiger charge is 2.09. The Balaban J connectivity index is 2.11. The number of tetrazole rings is 1. The highest BCUT2D eigenvalue weighted by atomic mass is 79.9. The van der Waals surface area contributed by atoms with Crippen LogP contribution in [0.2, 0.25) is 0 Å². The van der Waals surface area contributed by atoms with Crippen molar-refractivity contribution < 1.29 is 9.90 Å². The van der Waals surface area contributed by atoms with Crippen molar-refractivity contribution in [3.8, 4) is 0 Å². The highest BCUT2D eigenvalue weighted by molar-refractivity contribution is 9.10. The number of nitrogens with zero attached hydrogens (tertiary/aromatic N) is 4. The van der Waals surface area contributed by atoms with Crippen molar-refractivity contribution >= 4 is 33.7 Å². The van der Waals surface area contributed by atoms with Gasteiger partial charge in [0.1, 0.15) is 0 Å². The van der Waals surface area contributed by atoms with Crippen LogP contribution in [0, 0.1) is 0 Å². The summed E-state index contributed by atoms with van der Waals surface area (Å²) < 4.78 is 2.36. The fourth-order valence-corrected chi connectivity index (χ4v) is 2.84. The highest BCUT2D eigenvalue weighted by Crippen LogP contribution is 2.26. The largest absolute Gasteiger partial charge is 0.478 e. The number of carboxylic acids is 1. The Labute approximate surface area is 116 Å². The van der Waals surface area contributed by atoms with Gasteiger partial charge in [-0.05, 0) is 28.1 Å². The van der Waals surface area contributed by atoms with E-state index < -0.39 is 5.97 Å². The molecule has 18 heavy (non-hydrogen) atoms. The van der Waals surface area contributed by atoms with Crippen molar-refractivity contribution in [2.24, 2.45) is 7.05 Å². The summed E-state index contributed by atoms with van der Waals surface area (Å²) in [6.07, 6.45) is 0. The van der Waals surface area contributed by atoms with E-state index in [0.29, 0.717) is 10.9 Å². The molecule has 6 nitrogen and oxygen atoms in total. The Morgan fingerprint density at radius 2 is 2.33 bits per heavy atom. The molecule has 8 heteroatoms. The molecule has 94 valence electrons. The molecule has 2 rings (SSSR count). The summed E-state index contributed by atoms with van der Waals surface area (Å²) in [5, 5.41) is 20.7. The van der Waals surface area contributed by atoms with E-state index in [1.54, 1.807) is 29.9 Å². The molecule has 0 bridgehead atoms.